The predicted molar refractivity (Wildman–Crippen MR) is 77.3 cm³/mol. The molecule has 8 heteroatoms. The van der Waals surface area contributed by atoms with Gasteiger partial charge in [0.25, 0.3) is 0 Å². The van der Waals surface area contributed by atoms with Gasteiger partial charge in [0.1, 0.15) is 6.33 Å². The van der Waals surface area contributed by atoms with E-state index in [-0.39, 0.29) is 5.69 Å². The van der Waals surface area contributed by atoms with Gasteiger partial charge in [-0.05, 0) is 6.54 Å². The van der Waals surface area contributed by atoms with E-state index in [1.165, 1.54) is 6.33 Å². The molecular formula is C12H20N6O2. The van der Waals surface area contributed by atoms with Gasteiger partial charge < -0.3 is 14.7 Å². The highest BCUT2D eigenvalue weighted by molar-refractivity contribution is 5.70. The Balaban J connectivity index is 2.32. The van der Waals surface area contributed by atoms with E-state index >= 15 is 0 Å². The first-order valence-electron chi connectivity index (χ1n) is 6.68. The Hall–Kier alpha value is -1.96. The molecule has 1 aromatic rings. The van der Waals surface area contributed by atoms with E-state index in [1.54, 1.807) is 19.0 Å². The molecule has 0 amide bonds. The maximum absolute atomic E-state index is 11.4. The standard InChI is InChI=1S/C12H20N6O2/c1-4-16-5-7-17(8-6-16)12-10(18(19)20)11(15(2)3)13-9-14-12/h9H,4-8H2,1-3H3. The van der Waals surface area contributed by atoms with Crippen LogP contribution in [0.5, 0.6) is 0 Å². The van der Waals surface area contributed by atoms with Crippen molar-refractivity contribution >= 4 is 17.3 Å². The van der Waals surface area contributed by atoms with Crippen molar-refractivity contribution in [2.75, 3.05) is 56.6 Å². The van der Waals surface area contributed by atoms with Gasteiger partial charge in [0.2, 0.25) is 11.6 Å². The van der Waals surface area contributed by atoms with Crippen LogP contribution in [-0.2, 0) is 0 Å². The van der Waals surface area contributed by atoms with Crippen LogP contribution in [0.2, 0.25) is 0 Å². The number of piperazine rings is 1. The number of likely N-dealkylation sites (N-methyl/N-ethyl adjacent to an activating group) is 1. The van der Waals surface area contributed by atoms with E-state index < -0.39 is 4.92 Å². The highest BCUT2D eigenvalue weighted by Crippen LogP contribution is 2.33. The fourth-order valence-electron chi connectivity index (χ4n) is 2.36. The third kappa shape index (κ3) is 2.79. The number of nitro groups is 1. The third-order valence-corrected chi connectivity index (χ3v) is 3.51. The summed E-state index contributed by atoms with van der Waals surface area (Å²) < 4.78 is 0. The van der Waals surface area contributed by atoms with Crippen molar-refractivity contribution in [1.29, 1.82) is 0 Å². The van der Waals surface area contributed by atoms with Crippen LogP contribution in [0.25, 0.3) is 0 Å². The summed E-state index contributed by atoms with van der Waals surface area (Å²) in [4.78, 5) is 25.1. The fourth-order valence-corrected chi connectivity index (χ4v) is 2.36. The summed E-state index contributed by atoms with van der Waals surface area (Å²) in [5, 5.41) is 11.4. The third-order valence-electron chi connectivity index (χ3n) is 3.51. The average molecular weight is 280 g/mol. The molecule has 2 heterocycles. The van der Waals surface area contributed by atoms with Gasteiger partial charge in [-0.2, -0.15) is 0 Å². The number of aromatic nitrogens is 2. The van der Waals surface area contributed by atoms with Gasteiger partial charge in [-0.25, -0.2) is 9.97 Å². The zero-order valence-corrected chi connectivity index (χ0v) is 12.1. The summed E-state index contributed by atoms with van der Waals surface area (Å²) in [5.74, 6) is 0.766. The highest BCUT2D eigenvalue weighted by atomic mass is 16.6. The molecule has 20 heavy (non-hydrogen) atoms. The number of anilines is 2. The second kappa shape index (κ2) is 6.00. The van der Waals surface area contributed by atoms with E-state index in [2.05, 4.69) is 21.8 Å². The molecule has 0 N–H and O–H groups in total. The van der Waals surface area contributed by atoms with Crippen LogP contribution in [0.3, 0.4) is 0 Å². The van der Waals surface area contributed by atoms with E-state index in [0.29, 0.717) is 11.6 Å². The quantitative estimate of drug-likeness (QED) is 0.590. The predicted octanol–water partition coefficient (Wildman–Crippen LogP) is 0.593. The Morgan fingerprint density at radius 2 is 1.95 bits per heavy atom. The molecule has 0 atom stereocenters. The molecule has 0 unspecified atom stereocenters. The Morgan fingerprint density at radius 3 is 2.45 bits per heavy atom. The van der Waals surface area contributed by atoms with Gasteiger partial charge in [0, 0.05) is 40.3 Å². The van der Waals surface area contributed by atoms with Crippen LogP contribution < -0.4 is 9.80 Å². The first-order chi connectivity index (χ1) is 9.54. The average Bonchev–Trinajstić information content (AvgIpc) is 2.46. The van der Waals surface area contributed by atoms with Gasteiger partial charge >= 0.3 is 5.69 Å². The van der Waals surface area contributed by atoms with Crippen LogP contribution in [0.1, 0.15) is 6.92 Å². The molecule has 1 saturated heterocycles. The van der Waals surface area contributed by atoms with Gasteiger partial charge in [-0.1, -0.05) is 6.92 Å². The molecule has 0 aromatic carbocycles. The molecule has 0 saturated carbocycles. The van der Waals surface area contributed by atoms with Crippen molar-refractivity contribution in [1.82, 2.24) is 14.9 Å². The van der Waals surface area contributed by atoms with Gasteiger partial charge in [-0.15, -0.1) is 0 Å². The molecule has 2 rings (SSSR count). The normalized spacial score (nSPS) is 16.2. The van der Waals surface area contributed by atoms with E-state index in [1.807, 2.05) is 4.90 Å². The summed E-state index contributed by atoms with van der Waals surface area (Å²) in [7, 11) is 3.49. The van der Waals surface area contributed by atoms with Crippen molar-refractivity contribution in [2.24, 2.45) is 0 Å². The second-order valence-electron chi connectivity index (χ2n) is 4.94. The first kappa shape index (κ1) is 14.4. The molecule has 0 spiro atoms. The summed E-state index contributed by atoms with van der Waals surface area (Å²) in [6.07, 6.45) is 1.39. The highest BCUT2D eigenvalue weighted by Gasteiger charge is 2.29. The zero-order valence-electron chi connectivity index (χ0n) is 12.1. The van der Waals surface area contributed by atoms with Gasteiger partial charge in [0.15, 0.2) is 0 Å². The largest absolute Gasteiger partial charge is 0.357 e. The van der Waals surface area contributed by atoms with E-state index in [0.717, 1.165) is 32.7 Å². The van der Waals surface area contributed by atoms with Crippen molar-refractivity contribution in [3.63, 3.8) is 0 Å². The van der Waals surface area contributed by atoms with Crippen LogP contribution in [0, 0.1) is 10.1 Å². The molecule has 0 bridgehead atoms. The zero-order chi connectivity index (χ0) is 14.7. The maximum atomic E-state index is 11.4. The van der Waals surface area contributed by atoms with Crippen LogP contribution >= 0.6 is 0 Å². The topological polar surface area (TPSA) is 78.6 Å². The monoisotopic (exact) mass is 280 g/mol. The minimum Gasteiger partial charge on any atom is -0.357 e. The molecule has 1 aliphatic rings. The Bertz CT molecular complexity index is 485. The van der Waals surface area contributed by atoms with E-state index in [4.69, 9.17) is 0 Å². The summed E-state index contributed by atoms with van der Waals surface area (Å²) in [6.45, 7) is 6.41. The Morgan fingerprint density at radius 1 is 1.30 bits per heavy atom. The molecule has 1 aromatic heterocycles. The smallest absolute Gasteiger partial charge is 0.353 e. The lowest BCUT2D eigenvalue weighted by Gasteiger charge is -2.34. The lowest BCUT2D eigenvalue weighted by Crippen LogP contribution is -2.46. The first-order valence-corrected chi connectivity index (χ1v) is 6.68. The van der Waals surface area contributed by atoms with Crippen LogP contribution in [0.15, 0.2) is 6.33 Å². The Kier molecular flexibility index (Phi) is 4.33. The number of nitrogens with zero attached hydrogens (tertiary/aromatic N) is 6. The number of rotatable bonds is 4. The molecule has 1 fully saturated rings. The fraction of sp³-hybridized carbons (Fsp3) is 0.667. The molecule has 0 radical (unpaired) electrons. The van der Waals surface area contributed by atoms with Crippen molar-refractivity contribution < 1.29 is 4.92 Å². The number of hydrogen-bond acceptors (Lipinski definition) is 7. The summed E-state index contributed by atoms with van der Waals surface area (Å²) >= 11 is 0. The SMILES string of the molecule is CCN1CCN(c2ncnc(N(C)C)c2[N+](=O)[O-])CC1. The van der Waals surface area contributed by atoms with E-state index in [9.17, 15) is 10.1 Å². The van der Waals surface area contributed by atoms with Gasteiger partial charge in [0.05, 0.1) is 4.92 Å². The van der Waals surface area contributed by atoms with Crippen LogP contribution in [0.4, 0.5) is 17.3 Å². The summed E-state index contributed by atoms with van der Waals surface area (Å²) in [5.41, 5.74) is -0.0116. The van der Waals surface area contributed by atoms with Crippen molar-refractivity contribution in [3.8, 4) is 0 Å². The van der Waals surface area contributed by atoms with Gasteiger partial charge in [-0.3, -0.25) is 10.1 Å². The van der Waals surface area contributed by atoms with Crippen LogP contribution in [-0.4, -0.2) is 66.6 Å². The minimum atomic E-state index is -0.392. The molecule has 8 nitrogen and oxygen atoms in total. The number of hydrogen-bond donors (Lipinski definition) is 0. The lowest BCUT2D eigenvalue weighted by atomic mass is 10.3. The summed E-state index contributed by atoms with van der Waals surface area (Å²) in [6, 6.07) is 0. The minimum absolute atomic E-state index is 0.0116. The molecular weight excluding hydrogens is 260 g/mol. The molecule has 0 aliphatic carbocycles. The lowest BCUT2D eigenvalue weighted by molar-refractivity contribution is -0.383. The van der Waals surface area contributed by atoms with Crippen molar-refractivity contribution in [3.05, 3.63) is 16.4 Å². The molecule has 1 aliphatic heterocycles. The molecule has 110 valence electrons. The Labute approximate surface area is 118 Å². The second-order valence-corrected chi connectivity index (χ2v) is 4.94. The van der Waals surface area contributed by atoms with Crippen molar-refractivity contribution in [2.45, 2.75) is 6.92 Å². The maximum Gasteiger partial charge on any atom is 0.353 e.